The largest absolute Gasteiger partial charge is 0.358 e. The lowest BCUT2D eigenvalue weighted by Crippen LogP contribution is -2.44. The Morgan fingerprint density at radius 3 is 2.62 bits per heavy atom. The minimum atomic E-state index is -0.121. The van der Waals surface area contributed by atoms with Crippen molar-refractivity contribution in [2.24, 2.45) is 0 Å². The van der Waals surface area contributed by atoms with Crippen molar-refractivity contribution in [3.63, 3.8) is 0 Å². The van der Waals surface area contributed by atoms with Gasteiger partial charge < -0.3 is 10.6 Å². The lowest BCUT2D eigenvalue weighted by Gasteiger charge is -2.18. The van der Waals surface area contributed by atoms with Gasteiger partial charge in [-0.15, -0.1) is 6.58 Å². The van der Waals surface area contributed by atoms with Crippen molar-refractivity contribution in [3.05, 3.63) is 12.7 Å². The van der Waals surface area contributed by atoms with Gasteiger partial charge in [-0.3, -0.25) is 4.79 Å². The zero-order valence-corrected chi connectivity index (χ0v) is 8.76. The van der Waals surface area contributed by atoms with Crippen LogP contribution in [0.15, 0.2) is 12.7 Å². The van der Waals surface area contributed by atoms with E-state index in [9.17, 15) is 4.79 Å². The molecule has 0 aromatic carbocycles. The van der Waals surface area contributed by atoms with Crippen LogP contribution in [0.3, 0.4) is 0 Å². The van der Waals surface area contributed by atoms with E-state index >= 15 is 0 Å². The van der Waals surface area contributed by atoms with Crippen molar-refractivity contribution in [1.82, 2.24) is 10.6 Å². The van der Waals surface area contributed by atoms with Gasteiger partial charge in [0.1, 0.15) is 0 Å². The molecule has 1 amide bonds. The third-order valence-corrected chi connectivity index (χ3v) is 1.98. The second-order valence-corrected chi connectivity index (χ2v) is 3.27. The summed E-state index contributed by atoms with van der Waals surface area (Å²) in [5, 5.41) is 5.81. The highest BCUT2D eigenvalue weighted by atomic mass is 16.2. The Kier molecular flexibility index (Phi) is 6.24. The third-order valence-electron chi connectivity index (χ3n) is 1.98. The van der Waals surface area contributed by atoms with Gasteiger partial charge in [-0.25, -0.2) is 0 Å². The molecule has 0 aliphatic heterocycles. The topological polar surface area (TPSA) is 41.1 Å². The summed E-state index contributed by atoms with van der Waals surface area (Å²) in [5.74, 6) is 0.0328. The molecular formula is C10H20N2O. The van der Waals surface area contributed by atoms with E-state index in [1.807, 2.05) is 13.0 Å². The fraction of sp³-hybridized carbons (Fsp3) is 0.700. The molecule has 2 unspecified atom stereocenters. The van der Waals surface area contributed by atoms with E-state index in [1.54, 1.807) is 7.05 Å². The van der Waals surface area contributed by atoms with Crippen LogP contribution in [0.2, 0.25) is 0 Å². The molecule has 0 saturated heterocycles. The maximum absolute atomic E-state index is 11.1. The summed E-state index contributed by atoms with van der Waals surface area (Å²) in [7, 11) is 1.65. The Bertz CT molecular complexity index is 168. The van der Waals surface area contributed by atoms with Crippen LogP contribution in [0.1, 0.15) is 26.7 Å². The highest BCUT2D eigenvalue weighted by molar-refractivity contribution is 5.80. The molecule has 0 saturated carbocycles. The van der Waals surface area contributed by atoms with Crippen LogP contribution >= 0.6 is 0 Å². The first kappa shape index (κ1) is 12.2. The van der Waals surface area contributed by atoms with E-state index in [-0.39, 0.29) is 11.9 Å². The van der Waals surface area contributed by atoms with Crippen LogP contribution in [0.5, 0.6) is 0 Å². The Hall–Kier alpha value is -0.830. The fourth-order valence-electron chi connectivity index (χ4n) is 1.17. The average molecular weight is 184 g/mol. The maximum Gasteiger partial charge on any atom is 0.236 e. The number of rotatable bonds is 6. The number of hydrogen-bond donors (Lipinski definition) is 2. The Morgan fingerprint density at radius 2 is 2.15 bits per heavy atom. The van der Waals surface area contributed by atoms with E-state index in [2.05, 4.69) is 24.1 Å². The first-order chi connectivity index (χ1) is 6.11. The maximum atomic E-state index is 11.1. The molecule has 0 radical (unpaired) electrons. The molecule has 0 spiro atoms. The van der Waals surface area contributed by atoms with E-state index < -0.39 is 0 Å². The van der Waals surface area contributed by atoms with E-state index in [4.69, 9.17) is 0 Å². The predicted octanol–water partition coefficient (Wildman–Crippen LogP) is 1.07. The van der Waals surface area contributed by atoms with E-state index in [1.165, 1.54) is 0 Å². The normalized spacial score (nSPS) is 14.7. The molecule has 0 aromatic heterocycles. The highest BCUT2D eigenvalue weighted by Crippen LogP contribution is 1.98. The lowest BCUT2D eigenvalue weighted by atomic mass is 10.1. The molecule has 0 aromatic rings. The average Bonchev–Trinajstić information content (AvgIpc) is 2.13. The van der Waals surface area contributed by atoms with E-state index in [0.717, 1.165) is 12.8 Å². The molecule has 0 rings (SSSR count). The van der Waals surface area contributed by atoms with Gasteiger partial charge in [0, 0.05) is 13.1 Å². The second kappa shape index (κ2) is 6.66. The monoisotopic (exact) mass is 184 g/mol. The van der Waals surface area contributed by atoms with Crippen LogP contribution in [-0.2, 0) is 4.79 Å². The molecule has 0 heterocycles. The van der Waals surface area contributed by atoms with Gasteiger partial charge >= 0.3 is 0 Å². The number of carbonyl (C=O) groups is 1. The quantitative estimate of drug-likeness (QED) is 0.606. The van der Waals surface area contributed by atoms with Crippen LogP contribution in [0.25, 0.3) is 0 Å². The summed E-state index contributed by atoms with van der Waals surface area (Å²) in [6.45, 7) is 7.59. The van der Waals surface area contributed by atoms with Gasteiger partial charge in [-0.05, 0) is 26.7 Å². The minimum Gasteiger partial charge on any atom is -0.358 e. The number of hydrogen-bond acceptors (Lipinski definition) is 2. The van der Waals surface area contributed by atoms with Crippen LogP contribution in [-0.4, -0.2) is 25.0 Å². The van der Waals surface area contributed by atoms with Crippen molar-refractivity contribution in [2.75, 3.05) is 7.05 Å². The zero-order valence-electron chi connectivity index (χ0n) is 8.76. The molecule has 13 heavy (non-hydrogen) atoms. The second-order valence-electron chi connectivity index (χ2n) is 3.27. The summed E-state index contributed by atoms with van der Waals surface area (Å²) in [6.07, 6.45) is 3.89. The van der Waals surface area contributed by atoms with Gasteiger partial charge in [-0.1, -0.05) is 6.08 Å². The number of allylic oxidation sites excluding steroid dienone is 1. The molecule has 0 aliphatic carbocycles. The molecule has 3 nitrogen and oxygen atoms in total. The summed E-state index contributed by atoms with van der Waals surface area (Å²) in [4.78, 5) is 11.1. The van der Waals surface area contributed by atoms with Crippen LogP contribution < -0.4 is 10.6 Å². The summed E-state index contributed by atoms with van der Waals surface area (Å²) in [6, 6.07) is 0.232. The van der Waals surface area contributed by atoms with Crippen molar-refractivity contribution in [2.45, 2.75) is 38.8 Å². The zero-order chi connectivity index (χ0) is 10.3. The van der Waals surface area contributed by atoms with Gasteiger partial charge in [0.2, 0.25) is 5.91 Å². The molecule has 0 aliphatic rings. The van der Waals surface area contributed by atoms with Crippen LogP contribution in [0.4, 0.5) is 0 Å². The Labute approximate surface area is 80.6 Å². The SMILES string of the molecule is C=CCCC(C)NC(C)C(=O)NC. The summed E-state index contributed by atoms with van der Waals surface area (Å²) < 4.78 is 0. The minimum absolute atomic E-state index is 0.0328. The summed E-state index contributed by atoms with van der Waals surface area (Å²) in [5.41, 5.74) is 0. The Morgan fingerprint density at radius 1 is 1.54 bits per heavy atom. The molecule has 0 bridgehead atoms. The van der Waals surface area contributed by atoms with Crippen molar-refractivity contribution in [1.29, 1.82) is 0 Å². The van der Waals surface area contributed by atoms with Crippen molar-refractivity contribution >= 4 is 5.91 Å². The number of nitrogens with one attached hydrogen (secondary N) is 2. The lowest BCUT2D eigenvalue weighted by molar-refractivity contribution is -0.122. The number of carbonyl (C=O) groups excluding carboxylic acids is 1. The molecule has 3 heteroatoms. The van der Waals surface area contributed by atoms with Gasteiger partial charge in [0.25, 0.3) is 0 Å². The molecule has 76 valence electrons. The first-order valence-corrected chi connectivity index (χ1v) is 4.70. The van der Waals surface area contributed by atoms with Gasteiger partial charge in [0.05, 0.1) is 6.04 Å². The summed E-state index contributed by atoms with van der Waals surface area (Å²) >= 11 is 0. The standard InChI is InChI=1S/C10H20N2O/c1-5-6-7-8(2)12-9(3)10(13)11-4/h5,8-9,12H,1,6-7H2,2-4H3,(H,11,13). The van der Waals surface area contributed by atoms with E-state index in [0.29, 0.717) is 6.04 Å². The molecule has 0 fully saturated rings. The number of likely N-dealkylation sites (N-methyl/N-ethyl adjacent to an activating group) is 1. The van der Waals surface area contributed by atoms with Gasteiger partial charge in [0.15, 0.2) is 0 Å². The third kappa shape index (κ3) is 5.42. The van der Waals surface area contributed by atoms with Crippen molar-refractivity contribution < 1.29 is 4.79 Å². The molecule has 2 N–H and O–H groups in total. The van der Waals surface area contributed by atoms with Gasteiger partial charge in [-0.2, -0.15) is 0 Å². The van der Waals surface area contributed by atoms with Crippen LogP contribution in [0, 0.1) is 0 Å². The fourth-order valence-corrected chi connectivity index (χ4v) is 1.17. The highest BCUT2D eigenvalue weighted by Gasteiger charge is 2.12. The van der Waals surface area contributed by atoms with Crippen molar-refractivity contribution in [3.8, 4) is 0 Å². The smallest absolute Gasteiger partial charge is 0.236 e. The first-order valence-electron chi connectivity index (χ1n) is 4.70. The molecule has 2 atom stereocenters. The molecular weight excluding hydrogens is 164 g/mol. The number of amides is 1. The Balaban J connectivity index is 3.70. The predicted molar refractivity (Wildman–Crippen MR) is 55.6 cm³/mol.